The fraction of sp³-hybridized carbons (Fsp3) is 0.235. The third kappa shape index (κ3) is 4.59. The summed E-state index contributed by atoms with van der Waals surface area (Å²) in [5.74, 6) is -0.526. The van der Waals surface area contributed by atoms with Gasteiger partial charge in [0.25, 0.3) is 0 Å². The van der Waals surface area contributed by atoms with E-state index in [4.69, 9.17) is 4.74 Å². The van der Waals surface area contributed by atoms with Crippen LogP contribution in [-0.2, 0) is 21.2 Å². The number of thioether (sulfide) groups is 1. The van der Waals surface area contributed by atoms with Crippen molar-refractivity contribution >= 4 is 27.6 Å². The van der Waals surface area contributed by atoms with Gasteiger partial charge < -0.3 is 4.74 Å². The molecule has 122 valence electrons. The Bertz CT molecular complexity index is 809. The topological polar surface area (TPSA) is 60.4 Å². The molecule has 0 saturated carbocycles. The van der Waals surface area contributed by atoms with Gasteiger partial charge in [-0.15, -0.1) is 11.8 Å². The highest BCUT2D eigenvalue weighted by Crippen LogP contribution is 2.18. The highest BCUT2D eigenvalue weighted by atomic mass is 32.2. The van der Waals surface area contributed by atoms with Gasteiger partial charge in [-0.2, -0.15) is 0 Å². The molecule has 0 radical (unpaired) electrons. The van der Waals surface area contributed by atoms with E-state index in [1.54, 1.807) is 24.8 Å². The lowest BCUT2D eigenvalue weighted by atomic mass is 10.1. The number of carbonyl (C=O) groups excluding carboxylic acids is 1. The van der Waals surface area contributed by atoms with Crippen molar-refractivity contribution in [1.29, 1.82) is 0 Å². The Balaban J connectivity index is 2.14. The molecule has 4 nitrogen and oxygen atoms in total. The number of aryl methyl sites for hydroxylation is 1. The second-order valence-electron chi connectivity index (χ2n) is 5.17. The second kappa shape index (κ2) is 7.19. The molecule has 0 bridgehead atoms. The molecule has 2 aromatic carbocycles. The van der Waals surface area contributed by atoms with Crippen LogP contribution in [0.5, 0.6) is 0 Å². The molecule has 2 aromatic rings. The normalized spacial score (nSPS) is 11.3. The zero-order chi connectivity index (χ0) is 17.0. The van der Waals surface area contributed by atoms with Crippen LogP contribution in [0.2, 0.25) is 0 Å². The molecule has 0 aromatic heterocycles. The molecule has 0 atom stereocenters. The van der Waals surface area contributed by atoms with Crippen molar-refractivity contribution in [1.82, 2.24) is 0 Å². The first-order chi connectivity index (χ1) is 10.8. The SMILES string of the molecule is CSc1ccc(COC(=O)c2cc(S(C)(=O)=O)ccc2C)cc1. The van der Waals surface area contributed by atoms with Crippen LogP contribution in [-0.4, -0.2) is 26.9 Å². The van der Waals surface area contributed by atoms with Crippen LogP contribution >= 0.6 is 11.8 Å². The smallest absolute Gasteiger partial charge is 0.338 e. The number of benzene rings is 2. The maximum Gasteiger partial charge on any atom is 0.338 e. The summed E-state index contributed by atoms with van der Waals surface area (Å²) < 4.78 is 28.5. The Morgan fingerprint density at radius 3 is 2.35 bits per heavy atom. The lowest BCUT2D eigenvalue weighted by molar-refractivity contribution is 0.0471. The van der Waals surface area contributed by atoms with Crippen LogP contribution in [0.15, 0.2) is 52.3 Å². The Morgan fingerprint density at radius 1 is 1.13 bits per heavy atom. The number of carbonyl (C=O) groups is 1. The lowest BCUT2D eigenvalue weighted by Crippen LogP contribution is -2.09. The van der Waals surface area contributed by atoms with E-state index in [0.717, 1.165) is 16.7 Å². The molecule has 0 aliphatic rings. The van der Waals surface area contributed by atoms with Crippen molar-refractivity contribution in [3.8, 4) is 0 Å². The summed E-state index contributed by atoms with van der Waals surface area (Å²) in [7, 11) is -3.36. The van der Waals surface area contributed by atoms with E-state index in [1.807, 2.05) is 30.5 Å². The molecule has 0 unspecified atom stereocenters. The number of sulfone groups is 1. The quantitative estimate of drug-likeness (QED) is 0.610. The first-order valence-electron chi connectivity index (χ1n) is 6.92. The van der Waals surface area contributed by atoms with Crippen molar-refractivity contribution in [2.75, 3.05) is 12.5 Å². The van der Waals surface area contributed by atoms with E-state index >= 15 is 0 Å². The number of hydrogen-bond donors (Lipinski definition) is 0. The van der Waals surface area contributed by atoms with Crippen molar-refractivity contribution < 1.29 is 17.9 Å². The van der Waals surface area contributed by atoms with Crippen molar-refractivity contribution in [3.05, 3.63) is 59.2 Å². The zero-order valence-corrected chi connectivity index (χ0v) is 14.8. The van der Waals surface area contributed by atoms with Gasteiger partial charge in [-0.3, -0.25) is 0 Å². The predicted octanol–water partition coefficient (Wildman–Crippen LogP) is 3.48. The van der Waals surface area contributed by atoms with E-state index in [9.17, 15) is 13.2 Å². The summed E-state index contributed by atoms with van der Waals surface area (Å²) in [6, 6.07) is 12.2. The molecule has 23 heavy (non-hydrogen) atoms. The molecule has 0 aliphatic heterocycles. The fourth-order valence-electron chi connectivity index (χ4n) is 2.00. The lowest BCUT2D eigenvalue weighted by Gasteiger charge is -2.09. The van der Waals surface area contributed by atoms with E-state index in [1.165, 1.54) is 12.1 Å². The highest BCUT2D eigenvalue weighted by molar-refractivity contribution is 7.98. The van der Waals surface area contributed by atoms with Gasteiger partial charge in [0.15, 0.2) is 9.84 Å². The standard InChI is InChI=1S/C17H18O4S2/c1-12-4-9-15(23(3,19)20)10-16(12)17(18)21-11-13-5-7-14(22-2)8-6-13/h4-10H,11H2,1-3H3. The minimum atomic E-state index is -3.36. The van der Waals surface area contributed by atoms with E-state index < -0.39 is 15.8 Å². The van der Waals surface area contributed by atoms with Crippen LogP contribution in [0, 0.1) is 6.92 Å². The molecule has 6 heteroatoms. The van der Waals surface area contributed by atoms with Gasteiger partial charge in [0, 0.05) is 11.2 Å². The summed E-state index contributed by atoms with van der Waals surface area (Å²) in [5.41, 5.74) is 1.84. The van der Waals surface area contributed by atoms with Crippen LogP contribution in [0.25, 0.3) is 0 Å². The minimum Gasteiger partial charge on any atom is -0.457 e. The summed E-state index contributed by atoms with van der Waals surface area (Å²) in [5, 5.41) is 0. The van der Waals surface area contributed by atoms with Crippen LogP contribution in [0.4, 0.5) is 0 Å². The molecule has 2 rings (SSSR count). The summed E-state index contributed by atoms with van der Waals surface area (Å²) in [6.07, 6.45) is 3.10. The summed E-state index contributed by atoms with van der Waals surface area (Å²) in [6.45, 7) is 1.89. The molecule has 0 fully saturated rings. The van der Waals surface area contributed by atoms with Gasteiger partial charge in [0.05, 0.1) is 10.5 Å². The molecule has 0 saturated heterocycles. The average Bonchev–Trinajstić information content (AvgIpc) is 2.52. The molecule has 0 spiro atoms. The zero-order valence-electron chi connectivity index (χ0n) is 13.2. The minimum absolute atomic E-state index is 0.111. The first kappa shape index (κ1) is 17.6. The summed E-state index contributed by atoms with van der Waals surface area (Å²) >= 11 is 1.64. The third-order valence-electron chi connectivity index (χ3n) is 3.39. The van der Waals surface area contributed by atoms with Crippen LogP contribution in [0.3, 0.4) is 0 Å². The largest absolute Gasteiger partial charge is 0.457 e. The average molecular weight is 350 g/mol. The molecular formula is C17H18O4S2. The van der Waals surface area contributed by atoms with Crippen molar-refractivity contribution in [3.63, 3.8) is 0 Å². The molecule has 0 aliphatic carbocycles. The van der Waals surface area contributed by atoms with Gasteiger partial charge in [-0.1, -0.05) is 18.2 Å². The maximum atomic E-state index is 12.2. The van der Waals surface area contributed by atoms with Crippen molar-refractivity contribution in [2.45, 2.75) is 23.3 Å². The summed E-state index contributed by atoms with van der Waals surface area (Å²) in [4.78, 5) is 13.5. The molecule has 0 amide bonds. The Kier molecular flexibility index (Phi) is 5.49. The molecule has 0 N–H and O–H groups in total. The predicted molar refractivity (Wildman–Crippen MR) is 91.6 cm³/mol. The van der Waals surface area contributed by atoms with Gasteiger partial charge in [0.1, 0.15) is 6.61 Å². The van der Waals surface area contributed by atoms with Gasteiger partial charge in [-0.05, 0) is 48.6 Å². The monoisotopic (exact) mass is 350 g/mol. The number of rotatable bonds is 5. The second-order valence-corrected chi connectivity index (χ2v) is 8.07. The first-order valence-corrected chi connectivity index (χ1v) is 10.0. The maximum absolute atomic E-state index is 12.2. The van der Waals surface area contributed by atoms with Crippen LogP contribution in [0.1, 0.15) is 21.5 Å². The van der Waals surface area contributed by atoms with Crippen LogP contribution < -0.4 is 0 Å². The van der Waals surface area contributed by atoms with E-state index in [2.05, 4.69) is 0 Å². The number of hydrogen-bond acceptors (Lipinski definition) is 5. The Morgan fingerprint density at radius 2 is 1.78 bits per heavy atom. The Hall–Kier alpha value is -1.79. The fourth-order valence-corrected chi connectivity index (χ4v) is 3.06. The highest BCUT2D eigenvalue weighted by Gasteiger charge is 2.15. The number of ether oxygens (including phenoxy) is 1. The van der Waals surface area contributed by atoms with E-state index in [0.29, 0.717) is 5.56 Å². The number of esters is 1. The van der Waals surface area contributed by atoms with Gasteiger partial charge in [-0.25, -0.2) is 13.2 Å². The van der Waals surface area contributed by atoms with Gasteiger partial charge in [0.2, 0.25) is 0 Å². The van der Waals surface area contributed by atoms with Gasteiger partial charge >= 0.3 is 5.97 Å². The Labute approximate surface area is 140 Å². The van der Waals surface area contributed by atoms with Crippen molar-refractivity contribution in [2.24, 2.45) is 0 Å². The molecular weight excluding hydrogens is 332 g/mol. The third-order valence-corrected chi connectivity index (χ3v) is 5.24. The molecule has 0 heterocycles. The van der Waals surface area contributed by atoms with E-state index in [-0.39, 0.29) is 17.1 Å².